The fraction of sp³-hybridized carbons (Fsp3) is 0.143. The Morgan fingerprint density at radius 3 is 2.50 bits per heavy atom. The number of hydrogen-bond donors (Lipinski definition) is 2. The van der Waals surface area contributed by atoms with E-state index >= 15 is 0 Å². The van der Waals surface area contributed by atoms with E-state index < -0.39 is 5.91 Å². The predicted molar refractivity (Wildman–Crippen MR) is 120 cm³/mol. The molecule has 1 aromatic heterocycles. The van der Waals surface area contributed by atoms with Crippen LogP contribution in [0.25, 0.3) is 0 Å². The van der Waals surface area contributed by atoms with Gasteiger partial charge in [-0.2, -0.15) is 0 Å². The molecule has 3 N–H and O–H groups in total. The third-order valence-corrected chi connectivity index (χ3v) is 6.39. The van der Waals surface area contributed by atoms with Gasteiger partial charge in [-0.1, -0.05) is 30.3 Å². The summed E-state index contributed by atoms with van der Waals surface area (Å²) in [7, 11) is 1.58. The van der Waals surface area contributed by atoms with Crippen LogP contribution < -0.4 is 15.8 Å². The first-order chi connectivity index (χ1) is 13.4. The summed E-state index contributed by atoms with van der Waals surface area (Å²) in [4.78, 5) is 25.7. The molecule has 28 heavy (non-hydrogen) atoms. The molecule has 0 bridgehead atoms. The number of nitrogens with two attached hydrogens (primary N) is 1. The lowest BCUT2D eigenvalue weighted by Gasteiger charge is -2.07. The molecular weight excluding hydrogens is 487 g/mol. The minimum Gasteiger partial charge on any atom is -0.496 e. The van der Waals surface area contributed by atoms with Crippen molar-refractivity contribution in [1.82, 2.24) is 0 Å². The smallest absolute Gasteiger partial charge is 0.256 e. The van der Waals surface area contributed by atoms with E-state index in [1.54, 1.807) is 25.3 Å². The summed E-state index contributed by atoms with van der Waals surface area (Å²) < 4.78 is 6.05. The number of hydrogen-bond acceptors (Lipinski definition) is 4. The molecule has 5 nitrogen and oxygen atoms in total. The summed E-state index contributed by atoms with van der Waals surface area (Å²) in [6.07, 6.45) is 0.675. The second-order valence-corrected chi connectivity index (χ2v) is 8.45. The molecule has 1 heterocycles. The van der Waals surface area contributed by atoms with Gasteiger partial charge in [0.15, 0.2) is 0 Å². The summed E-state index contributed by atoms with van der Waals surface area (Å²) in [5.41, 5.74) is 8.38. The molecule has 0 fully saturated rings. The number of primary amides is 1. The van der Waals surface area contributed by atoms with Crippen molar-refractivity contribution in [1.29, 1.82) is 0 Å². The molecule has 0 saturated heterocycles. The van der Waals surface area contributed by atoms with Crippen molar-refractivity contribution >= 4 is 50.7 Å². The van der Waals surface area contributed by atoms with E-state index in [0.29, 0.717) is 28.3 Å². The van der Waals surface area contributed by atoms with Crippen molar-refractivity contribution in [2.45, 2.75) is 13.3 Å². The number of carbonyl (C=O) groups excluding carboxylic acids is 2. The number of ether oxygens (including phenoxy) is 1. The molecule has 3 aromatic rings. The van der Waals surface area contributed by atoms with Gasteiger partial charge in [0.1, 0.15) is 10.8 Å². The number of rotatable bonds is 6. The monoisotopic (exact) mass is 506 g/mol. The van der Waals surface area contributed by atoms with Crippen molar-refractivity contribution in [3.63, 3.8) is 0 Å². The van der Waals surface area contributed by atoms with Gasteiger partial charge in [-0.15, -0.1) is 11.3 Å². The van der Waals surface area contributed by atoms with Crippen molar-refractivity contribution in [3.05, 3.63) is 79.2 Å². The summed E-state index contributed by atoms with van der Waals surface area (Å²) in [6.45, 7) is 1.86. The van der Waals surface area contributed by atoms with Crippen molar-refractivity contribution < 1.29 is 14.3 Å². The molecule has 2 aromatic carbocycles. The number of amides is 2. The standard InChI is InChI=1S/C21H19IN2O3S/c1-12-17(10-13-6-4-3-5-7-13)28-21(18(12)19(23)25)24-20(26)14-8-9-16(27-2)15(22)11-14/h3-9,11H,10H2,1-2H3,(H2,23,25)(H,24,26). The van der Waals surface area contributed by atoms with Crippen LogP contribution in [0.5, 0.6) is 5.75 Å². The van der Waals surface area contributed by atoms with Gasteiger partial charge in [0.2, 0.25) is 0 Å². The van der Waals surface area contributed by atoms with Gasteiger partial charge in [0.25, 0.3) is 11.8 Å². The minimum atomic E-state index is -0.548. The Kier molecular flexibility index (Phi) is 6.35. The molecule has 3 rings (SSSR count). The molecule has 0 spiro atoms. The van der Waals surface area contributed by atoms with Crippen LogP contribution in [-0.2, 0) is 6.42 Å². The highest BCUT2D eigenvalue weighted by Gasteiger charge is 2.21. The highest BCUT2D eigenvalue weighted by Crippen LogP contribution is 2.35. The first-order valence-electron chi connectivity index (χ1n) is 8.51. The number of carbonyl (C=O) groups is 2. The van der Waals surface area contributed by atoms with Gasteiger partial charge >= 0.3 is 0 Å². The SMILES string of the molecule is COc1ccc(C(=O)Nc2sc(Cc3ccccc3)c(C)c2C(N)=O)cc1I. The Morgan fingerprint density at radius 1 is 1.18 bits per heavy atom. The van der Waals surface area contributed by atoms with E-state index in [2.05, 4.69) is 27.9 Å². The van der Waals surface area contributed by atoms with Crippen LogP contribution in [0.1, 0.15) is 36.7 Å². The molecular formula is C21H19IN2O3S. The Hall–Kier alpha value is -2.39. The molecule has 0 radical (unpaired) electrons. The zero-order valence-corrected chi connectivity index (χ0v) is 18.4. The van der Waals surface area contributed by atoms with Gasteiger partial charge in [-0.25, -0.2) is 0 Å². The largest absolute Gasteiger partial charge is 0.496 e. The Morgan fingerprint density at radius 2 is 1.89 bits per heavy atom. The first kappa shape index (κ1) is 20.3. The molecule has 144 valence electrons. The van der Waals surface area contributed by atoms with Crippen LogP contribution in [0.2, 0.25) is 0 Å². The van der Waals surface area contributed by atoms with E-state index in [-0.39, 0.29) is 5.91 Å². The number of thiophene rings is 1. The lowest BCUT2D eigenvalue weighted by Crippen LogP contribution is -2.17. The fourth-order valence-electron chi connectivity index (χ4n) is 2.88. The van der Waals surface area contributed by atoms with Crippen LogP contribution in [0.3, 0.4) is 0 Å². The van der Waals surface area contributed by atoms with E-state index in [1.807, 2.05) is 37.3 Å². The topological polar surface area (TPSA) is 81.4 Å². The number of halogens is 1. The lowest BCUT2D eigenvalue weighted by molar-refractivity contribution is 0.100. The molecule has 0 saturated carbocycles. The number of benzene rings is 2. The maximum Gasteiger partial charge on any atom is 0.256 e. The summed E-state index contributed by atoms with van der Waals surface area (Å²) in [5.74, 6) is -0.143. The highest BCUT2D eigenvalue weighted by atomic mass is 127. The van der Waals surface area contributed by atoms with Gasteiger partial charge in [0, 0.05) is 16.9 Å². The average molecular weight is 506 g/mol. The van der Waals surface area contributed by atoms with Gasteiger partial charge < -0.3 is 15.8 Å². The maximum atomic E-state index is 12.7. The van der Waals surface area contributed by atoms with Crippen LogP contribution in [-0.4, -0.2) is 18.9 Å². The fourth-order valence-corrected chi connectivity index (χ4v) is 4.85. The van der Waals surface area contributed by atoms with Crippen LogP contribution in [0, 0.1) is 10.5 Å². The normalized spacial score (nSPS) is 10.5. The number of anilines is 1. The summed E-state index contributed by atoms with van der Waals surface area (Å²) in [5, 5.41) is 3.33. The quantitative estimate of drug-likeness (QED) is 0.480. The average Bonchev–Trinajstić information content (AvgIpc) is 2.97. The zero-order valence-electron chi connectivity index (χ0n) is 15.4. The van der Waals surface area contributed by atoms with Crippen LogP contribution >= 0.6 is 33.9 Å². The molecule has 0 aliphatic rings. The summed E-state index contributed by atoms with van der Waals surface area (Å²) >= 11 is 3.50. The van der Waals surface area contributed by atoms with E-state index in [9.17, 15) is 9.59 Å². The first-order valence-corrected chi connectivity index (χ1v) is 10.4. The Bertz CT molecular complexity index is 1030. The van der Waals surface area contributed by atoms with Crippen LogP contribution in [0.15, 0.2) is 48.5 Å². The molecule has 2 amide bonds. The minimum absolute atomic E-state index is 0.296. The van der Waals surface area contributed by atoms with Gasteiger partial charge in [-0.3, -0.25) is 9.59 Å². The molecule has 0 aliphatic carbocycles. The third kappa shape index (κ3) is 4.36. The maximum absolute atomic E-state index is 12.7. The third-order valence-electron chi connectivity index (χ3n) is 4.34. The Labute approximate surface area is 181 Å². The number of nitrogens with one attached hydrogen (secondary N) is 1. The van der Waals surface area contributed by atoms with E-state index in [4.69, 9.17) is 10.5 Å². The number of methoxy groups -OCH3 is 1. The van der Waals surface area contributed by atoms with Crippen LogP contribution in [0.4, 0.5) is 5.00 Å². The van der Waals surface area contributed by atoms with Gasteiger partial charge in [-0.05, 0) is 58.8 Å². The second-order valence-electron chi connectivity index (χ2n) is 6.18. The molecule has 0 aliphatic heterocycles. The Balaban J connectivity index is 1.90. The molecule has 7 heteroatoms. The molecule has 0 unspecified atom stereocenters. The predicted octanol–water partition coefficient (Wildman–Crippen LogP) is 4.61. The second kappa shape index (κ2) is 8.74. The lowest BCUT2D eigenvalue weighted by atomic mass is 10.1. The van der Waals surface area contributed by atoms with Crippen molar-refractivity contribution in [3.8, 4) is 5.75 Å². The van der Waals surface area contributed by atoms with Crippen molar-refractivity contribution in [2.24, 2.45) is 5.73 Å². The van der Waals surface area contributed by atoms with Gasteiger partial charge in [0.05, 0.1) is 16.2 Å². The summed E-state index contributed by atoms with van der Waals surface area (Å²) in [6, 6.07) is 15.1. The van der Waals surface area contributed by atoms with E-state index in [1.165, 1.54) is 11.3 Å². The highest BCUT2D eigenvalue weighted by molar-refractivity contribution is 14.1. The van der Waals surface area contributed by atoms with Crippen molar-refractivity contribution in [2.75, 3.05) is 12.4 Å². The molecule has 0 atom stereocenters. The van der Waals surface area contributed by atoms with E-state index in [0.717, 1.165) is 19.6 Å². The zero-order chi connectivity index (χ0) is 20.3.